The molecule has 2 fully saturated rings. The van der Waals surface area contributed by atoms with Gasteiger partial charge in [0.15, 0.2) is 17.5 Å². The molecule has 2 rings (SSSR count). The van der Waals surface area contributed by atoms with E-state index in [1.165, 1.54) is 0 Å². The molecule has 0 amide bonds. The Balaban J connectivity index is 1.86. The van der Waals surface area contributed by atoms with Gasteiger partial charge in [-0.05, 0) is 63.5 Å². The summed E-state index contributed by atoms with van der Waals surface area (Å²) in [5.41, 5.74) is -0.225. The third-order valence-corrected chi connectivity index (χ3v) is 7.52. The first kappa shape index (κ1) is 30.3. The molecular formula is C29H46O7. The Kier molecular flexibility index (Phi) is 11.4. The topological polar surface area (TPSA) is 106 Å². The van der Waals surface area contributed by atoms with E-state index in [0.717, 1.165) is 12.8 Å². The normalized spacial score (nSPS) is 30.6. The standard InChI is InChI=1S/C29H46O7/c1-8-22(30)15-16-29(7)25(35-28(33)36-29)14-13-20(5)26(32)19(4)12-10-11-18(3)17-24-27(34-24)21(6)23(31)9-2/h10-14,18,20-25,27,30-31H,8-9,15-17H2,1-7H3/b11-10+,14-13+,19-12+. The molecule has 204 valence electrons. The van der Waals surface area contributed by atoms with Crippen LogP contribution in [0.2, 0.25) is 0 Å². The molecule has 7 nitrogen and oxygen atoms in total. The maximum atomic E-state index is 12.8. The molecule has 0 aromatic carbocycles. The molecular weight excluding hydrogens is 460 g/mol. The average molecular weight is 507 g/mol. The Morgan fingerprint density at radius 2 is 1.83 bits per heavy atom. The van der Waals surface area contributed by atoms with Gasteiger partial charge in [-0.1, -0.05) is 58.9 Å². The number of carbonyl (C=O) groups is 2. The molecule has 0 saturated carbocycles. The van der Waals surface area contributed by atoms with Gasteiger partial charge < -0.3 is 24.4 Å². The van der Waals surface area contributed by atoms with E-state index in [0.29, 0.717) is 30.8 Å². The monoisotopic (exact) mass is 506 g/mol. The maximum absolute atomic E-state index is 12.8. The van der Waals surface area contributed by atoms with Gasteiger partial charge in [0.25, 0.3) is 0 Å². The molecule has 0 aliphatic carbocycles. The quantitative estimate of drug-likeness (QED) is 0.102. The summed E-state index contributed by atoms with van der Waals surface area (Å²) >= 11 is 0. The van der Waals surface area contributed by atoms with Crippen molar-refractivity contribution in [3.8, 4) is 0 Å². The molecule has 2 aliphatic rings. The van der Waals surface area contributed by atoms with E-state index >= 15 is 0 Å². The van der Waals surface area contributed by atoms with E-state index in [1.807, 2.05) is 39.8 Å². The summed E-state index contributed by atoms with van der Waals surface area (Å²) in [5, 5.41) is 19.9. The number of rotatable bonds is 15. The summed E-state index contributed by atoms with van der Waals surface area (Å²) in [4.78, 5) is 24.6. The number of hydrogen-bond donors (Lipinski definition) is 2. The smallest absolute Gasteiger partial charge is 0.424 e. The van der Waals surface area contributed by atoms with Crippen molar-refractivity contribution in [1.29, 1.82) is 0 Å². The van der Waals surface area contributed by atoms with Gasteiger partial charge in [0, 0.05) is 11.8 Å². The van der Waals surface area contributed by atoms with Crippen LogP contribution in [0.5, 0.6) is 0 Å². The van der Waals surface area contributed by atoms with Gasteiger partial charge in [-0.25, -0.2) is 4.79 Å². The fourth-order valence-corrected chi connectivity index (χ4v) is 4.62. The van der Waals surface area contributed by atoms with Crippen LogP contribution < -0.4 is 0 Å². The van der Waals surface area contributed by atoms with Gasteiger partial charge in [0.2, 0.25) is 0 Å². The van der Waals surface area contributed by atoms with E-state index in [4.69, 9.17) is 14.2 Å². The molecule has 2 heterocycles. The third-order valence-electron chi connectivity index (χ3n) is 7.52. The van der Waals surface area contributed by atoms with E-state index in [1.54, 1.807) is 26.0 Å². The van der Waals surface area contributed by atoms with Gasteiger partial charge in [-0.3, -0.25) is 4.79 Å². The third kappa shape index (κ3) is 8.56. The van der Waals surface area contributed by atoms with Crippen LogP contribution in [0.4, 0.5) is 4.79 Å². The summed E-state index contributed by atoms with van der Waals surface area (Å²) in [7, 11) is 0. The molecule has 7 heteroatoms. The lowest BCUT2D eigenvalue weighted by Crippen LogP contribution is -2.36. The van der Waals surface area contributed by atoms with E-state index in [-0.39, 0.29) is 35.9 Å². The summed E-state index contributed by atoms with van der Waals surface area (Å²) in [6.45, 7) is 13.4. The van der Waals surface area contributed by atoms with Crippen molar-refractivity contribution in [1.82, 2.24) is 0 Å². The fraction of sp³-hybridized carbons (Fsp3) is 0.724. The molecule has 2 N–H and O–H groups in total. The van der Waals surface area contributed by atoms with Gasteiger partial charge >= 0.3 is 6.16 Å². The van der Waals surface area contributed by atoms with Crippen LogP contribution in [0.3, 0.4) is 0 Å². The van der Waals surface area contributed by atoms with Crippen molar-refractivity contribution in [3.05, 3.63) is 36.0 Å². The van der Waals surface area contributed by atoms with Crippen molar-refractivity contribution in [2.24, 2.45) is 17.8 Å². The molecule has 9 unspecified atom stereocenters. The molecule has 0 bridgehead atoms. The zero-order valence-electron chi connectivity index (χ0n) is 23.0. The summed E-state index contributed by atoms with van der Waals surface area (Å²) in [5.74, 6) is 0.0443. The van der Waals surface area contributed by atoms with Crippen LogP contribution in [0, 0.1) is 17.8 Å². The zero-order valence-corrected chi connectivity index (χ0v) is 23.0. The Morgan fingerprint density at radius 1 is 1.14 bits per heavy atom. The van der Waals surface area contributed by atoms with E-state index in [2.05, 4.69) is 13.0 Å². The van der Waals surface area contributed by atoms with E-state index in [9.17, 15) is 19.8 Å². The maximum Gasteiger partial charge on any atom is 0.509 e. The highest BCUT2D eigenvalue weighted by Gasteiger charge is 2.46. The molecule has 2 saturated heterocycles. The number of ketones is 1. The molecule has 2 aliphatic heterocycles. The molecule has 0 radical (unpaired) electrons. The number of ether oxygens (including phenoxy) is 3. The molecule has 0 spiro atoms. The average Bonchev–Trinajstić information content (AvgIpc) is 3.54. The number of cyclic esters (lactones) is 2. The number of aliphatic hydroxyl groups excluding tert-OH is 2. The predicted octanol–water partition coefficient (Wildman–Crippen LogP) is 5.30. The Labute approximate surface area is 216 Å². The summed E-state index contributed by atoms with van der Waals surface area (Å²) < 4.78 is 16.5. The number of epoxide rings is 1. The van der Waals surface area contributed by atoms with Crippen molar-refractivity contribution < 1.29 is 34.0 Å². The molecule has 9 atom stereocenters. The first-order chi connectivity index (χ1) is 16.9. The van der Waals surface area contributed by atoms with Gasteiger partial charge in [-0.2, -0.15) is 0 Å². The first-order valence-corrected chi connectivity index (χ1v) is 13.4. The minimum absolute atomic E-state index is 0.00938. The van der Waals surface area contributed by atoms with Gasteiger partial charge in [0.1, 0.15) is 0 Å². The number of carbonyl (C=O) groups excluding carboxylic acids is 2. The number of aliphatic hydroxyl groups is 2. The second-order valence-electron chi connectivity index (χ2n) is 10.8. The lowest BCUT2D eigenvalue weighted by Gasteiger charge is -2.26. The highest BCUT2D eigenvalue weighted by atomic mass is 16.8. The highest BCUT2D eigenvalue weighted by Crippen LogP contribution is 2.36. The highest BCUT2D eigenvalue weighted by molar-refractivity contribution is 5.97. The van der Waals surface area contributed by atoms with Crippen molar-refractivity contribution in [2.45, 2.75) is 117 Å². The molecule has 0 aromatic rings. The largest absolute Gasteiger partial charge is 0.509 e. The Morgan fingerprint density at radius 3 is 2.47 bits per heavy atom. The lowest BCUT2D eigenvalue weighted by molar-refractivity contribution is -0.117. The molecule has 0 aromatic heterocycles. The van der Waals surface area contributed by atoms with Crippen molar-refractivity contribution in [3.63, 3.8) is 0 Å². The Hall–Kier alpha value is -1.96. The first-order valence-electron chi connectivity index (χ1n) is 13.4. The van der Waals surface area contributed by atoms with Crippen LogP contribution >= 0.6 is 0 Å². The van der Waals surface area contributed by atoms with Crippen LogP contribution in [0.1, 0.15) is 80.6 Å². The minimum atomic E-state index is -0.868. The lowest BCUT2D eigenvalue weighted by atomic mass is 9.90. The summed E-state index contributed by atoms with van der Waals surface area (Å²) in [6.07, 6.45) is 10.7. The predicted molar refractivity (Wildman–Crippen MR) is 139 cm³/mol. The van der Waals surface area contributed by atoms with E-state index < -0.39 is 24.0 Å². The number of allylic oxidation sites excluding steroid dienone is 5. The molecule has 36 heavy (non-hydrogen) atoms. The van der Waals surface area contributed by atoms with Crippen molar-refractivity contribution >= 4 is 11.9 Å². The second-order valence-corrected chi connectivity index (χ2v) is 10.8. The Bertz CT molecular complexity index is 831. The minimum Gasteiger partial charge on any atom is -0.424 e. The van der Waals surface area contributed by atoms with Gasteiger partial charge in [0.05, 0.1) is 24.4 Å². The number of hydrogen-bond acceptors (Lipinski definition) is 7. The van der Waals surface area contributed by atoms with Crippen LogP contribution in [0.25, 0.3) is 0 Å². The van der Waals surface area contributed by atoms with Crippen LogP contribution in [-0.4, -0.2) is 58.3 Å². The van der Waals surface area contributed by atoms with Gasteiger partial charge in [-0.15, -0.1) is 0 Å². The zero-order chi connectivity index (χ0) is 27.0. The van der Waals surface area contributed by atoms with Crippen LogP contribution in [-0.2, 0) is 19.0 Å². The second kappa shape index (κ2) is 13.5. The fourth-order valence-electron chi connectivity index (χ4n) is 4.62. The van der Waals surface area contributed by atoms with Crippen molar-refractivity contribution in [2.75, 3.05) is 0 Å². The number of Topliss-reactive ketones (excluding diaryl/α,β-unsaturated/α-hetero) is 1. The summed E-state index contributed by atoms with van der Waals surface area (Å²) in [6, 6.07) is 0. The van der Waals surface area contributed by atoms with Crippen LogP contribution in [0.15, 0.2) is 36.0 Å². The SMILES string of the molecule is CCC(O)CCC1(C)OC(=O)OC1/C=C/C(C)C(=O)/C(C)=C/C=C/C(C)CC1OC1C(C)C(O)CC.